The molecule has 0 heterocycles. The summed E-state index contributed by atoms with van der Waals surface area (Å²) in [6.07, 6.45) is 0. The first-order chi connectivity index (χ1) is 9.00. The highest BCUT2D eigenvalue weighted by molar-refractivity contribution is 6.08. The van der Waals surface area contributed by atoms with Gasteiger partial charge in [0.1, 0.15) is 5.75 Å². The molecule has 0 saturated heterocycles. The Labute approximate surface area is 112 Å². The summed E-state index contributed by atoms with van der Waals surface area (Å²) >= 11 is 0. The zero-order valence-corrected chi connectivity index (χ0v) is 10.9. The summed E-state index contributed by atoms with van der Waals surface area (Å²) < 4.78 is 0. The molecule has 0 aromatic heterocycles. The van der Waals surface area contributed by atoms with Gasteiger partial charge >= 0.3 is 0 Å². The fourth-order valence-electron chi connectivity index (χ4n) is 1.91. The van der Waals surface area contributed by atoms with E-state index in [1.54, 1.807) is 43.4 Å². The van der Waals surface area contributed by atoms with Gasteiger partial charge in [-0.15, -0.1) is 0 Å². The predicted molar refractivity (Wildman–Crippen MR) is 76.4 cm³/mol. The van der Waals surface area contributed by atoms with Gasteiger partial charge in [-0.25, -0.2) is 0 Å². The van der Waals surface area contributed by atoms with Crippen LogP contribution in [0.1, 0.15) is 15.9 Å². The lowest BCUT2D eigenvalue weighted by atomic mass is 10.1. The number of aromatic hydroxyl groups is 1. The molecule has 0 atom stereocenters. The molecule has 0 aliphatic heterocycles. The number of carbonyl (C=O) groups excluding carboxylic acids is 1. The van der Waals surface area contributed by atoms with Crippen LogP contribution in [0.2, 0.25) is 0 Å². The highest BCUT2D eigenvalue weighted by Gasteiger charge is 2.18. The Morgan fingerprint density at radius 1 is 1.21 bits per heavy atom. The van der Waals surface area contributed by atoms with Gasteiger partial charge in [-0.1, -0.05) is 18.2 Å². The molecule has 2 rings (SSSR count). The largest absolute Gasteiger partial charge is 0.507 e. The van der Waals surface area contributed by atoms with Crippen LogP contribution in [0.5, 0.6) is 5.75 Å². The molecule has 0 bridgehead atoms. The fraction of sp³-hybridized carbons (Fsp3) is 0.133. The van der Waals surface area contributed by atoms with E-state index in [0.717, 1.165) is 5.56 Å². The molecule has 0 aliphatic carbocycles. The lowest BCUT2D eigenvalue weighted by Crippen LogP contribution is -2.27. The molecule has 19 heavy (non-hydrogen) atoms. The van der Waals surface area contributed by atoms with Crippen LogP contribution in [0.3, 0.4) is 0 Å². The number of phenols is 1. The average molecular weight is 256 g/mol. The average Bonchev–Trinajstić information content (AvgIpc) is 2.38. The van der Waals surface area contributed by atoms with Gasteiger partial charge in [-0.05, 0) is 36.8 Å². The molecular weight excluding hydrogens is 240 g/mol. The molecule has 3 N–H and O–H groups in total. The maximum atomic E-state index is 12.3. The van der Waals surface area contributed by atoms with E-state index in [1.165, 1.54) is 4.90 Å². The van der Waals surface area contributed by atoms with Gasteiger partial charge in [0.15, 0.2) is 0 Å². The Morgan fingerprint density at radius 3 is 2.53 bits per heavy atom. The second-order valence-corrected chi connectivity index (χ2v) is 4.44. The zero-order valence-electron chi connectivity index (χ0n) is 10.9. The van der Waals surface area contributed by atoms with Crippen molar-refractivity contribution in [2.45, 2.75) is 6.92 Å². The van der Waals surface area contributed by atoms with Crippen molar-refractivity contribution in [1.29, 1.82) is 0 Å². The topological polar surface area (TPSA) is 66.6 Å². The molecule has 0 fully saturated rings. The molecule has 0 radical (unpaired) electrons. The maximum absolute atomic E-state index is 12.3. The summed E-state index contributed by atoms with van der Waals surface area (Å²) in [4.78, 5) is 13.8. The van der Waals surface area contributed by atoms with E-state index in [4.69, 9.17) is 5.73 Å². The first-order valence-corrected chi connectivity index (χ1v) is 5.93. The number of hydrogen-bond acceptors (Lipinski definition) is 3. The van der Waals surface area contributed by atoms with E-state index in [1.807, 2.05) is 13.0 Å². The third-order valence-corrected chi connectivity index (χ3v) is 2.99. The Bertz CT molecular complexity index is 623. The maximum Gasteiger partial charge on any atom is 0.261 e. The number of nitrogen functional groups attached to an aromatic ring is 1. The smallest absolute Gasteiger partial charge is 0.261 e. The third-order valence-electron chi connectivity index (χ3n) is 2.99. The molecule has 2 aromatic carbocycles. The molecule has 0 aliphatic rings. The summed E-state index contributed by atoms with van der Waals surface area (Å²) in [6, 6.07) is 12.1. The number of hydrogen-bond donors (Lipinski definition) is 2. The lowest BCUT2D eigenvalue weighted by molar-refractivity contribution is 0.0990. The van der Waals surface area contributed by atoms with Crippen LogP contribution in [0, 0.1) is 6.92 Å². The molecule has 2 aromatic rings. The van der Waals surface area contributed by atoms with Crippen molar-refractivity contribution in [3.63, 3.8) is 0 Å². The van der Waals surface area contributed by atoms with Gasteiger partial charge in [-0.3, -0.25) is 4.79 Å². The number of benzene rings is 2. The molecule has 4 heteroatoms. The summed E-state index contributed by atoms with van der Waals surface area (Å²) in [5.41, 5.74) is 8.14. The number of amides is 1. The molecular formula is C15H16N2O2. The van der Waals surface area contributed by atoms with Crippen molar-refractivity contribution < 1.29 is 9.90 Å². The van der Waals surface area contributed by atoms with Crippen LogP contribution in [0.4, 0.5) is 11.4 Å². The third kappa shape index (κ3) is 2.52. The Morgan fingerprint density at radius 2 is 1.89 bits per heavy atom. The highest BCUT2D eigenvalue weighted by Crippen LogP contribution is 2.26. The van der Waals surface area contributed by atoms with Crippen molar-refractivity contribution in [2.75, 3.05) is 17.7 Å². The fourth-order valence-corrected chi connectivity index (χ4v) is 1.91. The van der Waals surface area contributed by atoms with Gasteiger partial charge in [-0.2, -0.15) is 0 Å². The van der Waals surface area contributed by atoms with E-state index in [9.17, 15) is 9.90 Å². The second kappa shape index (κ2) is 5.02. The minimum Gasteiger partial charge on any atom is -0.507 e. The Hall–Kier alpha value is -2.49. The SMILES string of the molecule is Cc1ccc(C(=O)N(C)c2ccccc2N)c(O)c1. The van der Waals surface area contributed by atoms with Crippen LogP contribution >= 0.6 is 0 Å². The molecule has 1 amide bonds. The van der Waals surface area contributed by atoms with E-state index in [2.05, 4.69) is 0 Å². The summed E-state index contributed by atoms with van der Waals surface area (Å²) in [7, 11) is 1.63. The standard InChI is InChI=1S/C15H16N2O2/c1-10-7-8-11(14(18)9-10)15(19)17(2)13-6-4-3-5-12(13)16/h3-9,18H,16H2,1-2H3. The number of carbonyl (C=O) groups is 1. The van der Waals surface area contributed by atoms with Crippen molar-refractivity contribution in [3.05, 3.63) is 53.6 Å². The Balaban J connectivity index is 2.37. The molecule has 4 nitrogen and oxygen atoms in total. The number of para-hydroxylation sites is 2. The van der Waals surface area contributed by atoms with Crippen LogP contribution in [0.15, 0.2) is 42.5 Å². The summed E-state index contributed by atoms with van der Waals surface area (Å²) in [5, 5.41) is 9.85. The van der Waals surface area contributed by atoms with Gasteiger partial charge < -0.3 is 15.7 Å². The molecule has 0 spiro atoms. The number of nitrogens with zero attached hydrogens (tertiary/aromatic N) is 1. The lowest BCUT2D eigenvalue weighted by Gasteiger charge is -2.19. The molecule has 0 unspecified atom stereocenters. The van der Waals surface area contributed by atoms with E-state index in [0.29, 0.717) is 11.4 Å². The summed E-state index contributed by atoms with van der Waals surface area (Å²) in [5.74, 6) is -0.318. The number of anilines is 2. The first-order valence-electron chi connectivity index (χ1n) is 5.93. The van der Waals surface area contributed by atoms with Gasteiger partial charge in [0.2, 0.25) is 0 Å². The van der Waals surface area contributed by atoms with Crippen LogP contribution < -0.4 is 10.6 Å². The van der Waals surface area contributed by atoms with Gasteiger partial charge in [0.25, 0.3) is 5.91 Å². The minimum absolute atomic E-state index is 0.0219. The zero-order chi connectivity index (χ0) is 14.0. The number of phenolic OH excluding ortho intramolecular Hbond substituents is 1. The molecule has 0 saturated carbocycles. The van der Waals surface area contributed by atoms with E-state index >= 15 is 0 Å². The van der Waals surface area contributed by atoms with Crippen molar-refractivity contribution in [2.24, 2.45) is 0 Å². The van der Waals surface area contributed by atoms with E-state index < -0.39 is 0 Å². The Kier molecular flexibility index (Phi) is 3.42. The normalized spacial score (nSPS) is 10.2. The van der Waals surface area contributed by atoms with Crippen LogP contribution in [0.25, 0.3) is 0 Å². The predicted octanol–water partition coefficient (Wildman–Crippen LogP) is 2.56. The van der Waals surface area contributed by atoms with Crippen LogP contribution in [-0.2, 0) is 0 Å². The summed E-state index contributed by atoms with van der Waals surface area (Å²) in [6.45, 7) is 1.85. The quantitative estimate of drug-likeness (QED) is 0.811. The number of aryl methyl sites for hydroxylation is 1. The first kappa shape index (κ1) is 13.0. The van der Waals surface area contributed by atoms with Crippen molar-refractivity contribution in [1.82, 2.24) is 0 Å². The van der Waals surface area contributed by atoms with E-state index in [-0.39, 0.29) is 17.2 Å². The van der Waals surface area contributed by atoms with Gasteiger partial charge in [0, 0.05) is 7.05 Å². The van der Waals surface area contributed by atoms with Gasteiger partial charge in [0.05, 0.1) is 16.9 Å². The number of nitrogens with two attached hydrogens (primary N) is 1. The van der Waals surface area contributed by atoms with Crippen molar-refractivity contribution >= 4 is 17.3 Å². The number of rotatable bonds is 2. The molecule has 98 valence electrons. The van der Waals surface area contributed by atoms with Crippen LogP contribution in [-0.4, -0.2) is 18.1 Å². The highest BCUT2D eigenvalue weighted by atomic mass is 16.3. The second-order valence-electron chi connectivity index (χ2n) is 4.44. The monoisotopic (exact) mass is 256 g/mol. The minimum atomic E-state index is -0.296. The van der Waals surface area contributed by atoms with Crippen molar-refractivity contribution in [3.8, 4) is 5.75 Å².